The summed E-state index contributed by atoms with van der Waals surface area (Å²) in [7, 11) is 0. The quantitative estimate of drug-likeness (QED) is 0.662. The van der Waals surface area contributed by atoms with Crippen molar-refractivity contribution in [1.82, 2.24) is 14.5 Å². The first-order valence-electron chi connectivity index (χ1n) is 10.8. The topological polar surface area (TPSA) is 67.6 Å². The van der Waals surface area contributed by atoms with E-state index in [2.05, 4.69) is 4.98 Å². The predicted octanol–water partition coefficient (Wildman–Crippen LogP) is 3.67. The van der Waals surface area contributed by atoms with Crippen molar-refractivity contribution in [1.29, 1.82) is 0 Å². The van der Waals surface area contributed by atoms with Gasteiger partial charge in [0.1, 0.15) is 0 Å². The van der Waals surface area contributed by atoms with E-state index in [1.807, 2.05) is 73.1 Å². The molecule has 2 aromatic carbocycles. The minimum Gasteiger partial charge on any atom is -0.394 e. The monoisotopic (exact) mass is 419 g/mol. The van der Waals surface area contributed by atoms with E-state index in [1.54, 1.807) is 11.2 Å². The molecule has 31 heavy (non-hydrogen) atoms. The van der Waals surface area contributed by atoms with Crippen LogP contribution in [-0.2, 0) is 11.3 Å². The van der Waals surface area contributed by atoms with E-state index in [9.17, 15) is 9.90 Å². The molecular formula is C25H29N3O3. The average molecular weight is 420 g/mol. The van der Waals surface area contributed by atoms with Crippen LogP contribution < -0.4 is 0 Å². The highest BCUT2D eigenvalue weighted by Gasteiger charge is 2.35. The van der Waals surface area contributed by atoms with Crippen molar-refractivity contribution in [2.24, 2.45) is 0 Å². The fourth-order valence-electron chi connectivity index (χ4n) is 4.26. The van der Waals surface area contributed by atoms with Crippen LogP contribution in [-0.4, -0.2) is 50.8 Å². The van der Waals surface area contributed by atoms with Gasteiger partial charge < -0.3 is 19.3 Å². The van der Waals surface area contributed by atoms with Gasteiger partial charge in [0.25, 0.3) is 5.91 Å². The number of amides is 1. The zero-order chi connectivity index (χ0) is 21.8. The van der Waals surface area contributed by atoms with Crippen LogP contribution in [0.5, 0.6) is 0 Å². The molecule has 2 atom stereocenters. The number of carbonyl (C=O) groups excluding carboxylic acids is 1. The van der Waals surface area contributed by atoms with Gasteiger partial charge in [0.15, 0.2) is 0 Å². The maximum atomic E-state index is 13.3. The summed E-state index contributed by atoms with van der Waals surface area (Å²) in [4.78, 5) is 19.4. The van der Waals surface area contributed by atoms with Gasteiger partial charge in [-0.25, -0.2) is 4.98 Å². The van der Waals surface area contributed by atoms with E-state index in [-0.39, 0.29) is 24.7 Å². The van der Waals surface area contributed by atoms with Crippen LogP contribution in [0.4, 0.5) is 0 Å². The first-order valence-corrected chi connectivity index (χ1v) is 10.8. The highest BCUT2D eigenvalue weighted by atomic mass is 16.5. The Hall–Kier alpha value is -2.96. The summed E-state index contributed by atoms with van der Waals surface area (Å²) in [6.07, 6.45) is 5.25. The molecule has 0 radical (unpaired) electrons. The smallest absolute Gasteiger partial charge is 0.254 e. The standard InChI is InChI=1S/C25H29N3O3/c1-18-13-21(10-11-22(18)27-14-19(2)26-17-27)25(30)28-12-6-9-24(23(28)15-29)31-16-20-7-4-3-5-8-20/h3-5,7-8,10-11,13-14,17,23-24,29H,6,9,12,15-16H2,1-2H3. The second kappa shape index (κ2) is 9.45. The van der Waals surface area contributed by atoms with Crippen LogP contribution in [0.1, 0.15) is 40.0 Å². The largest absolute Gasteiger partial charge is 0.394 e. The molecule has 2 heterocycles. The maximum Gasteiger partial charge on any atom is 0.254 e. The predicted molar refractivity (Wildman–Crippen MR) is 119 cm³/mol. The summed E-state index contributed by atoms with van der Waals surface area (Å²) < 4.78 is 8.09. The summed E-state index contributed by atoms with van der Waals surface area (Å²) in [5.74, 6) is -0.0662. The Kier molecular flexibility index (Phi) is 6.49. The van der Waals surface area contributed by atoms with Crippen LogP contribution >= 0.6 is 0 Å². The number of aromatic nitrogens is 2. The Morgan fingerprint density at radius 2 is 2.00 bits per heavy atom. The molecule has 1 aromatic heterocycles. The Bertz CT molecular complexity index is 1030. The number of imidazole rings is 1. The van der Waals surface area contributed by atoms with Gasteiger partial charge in [0.2, 0.25) is 0 Å². The molecule has 0 aliphatic carbocycles. The molecule has 1 amide bonds. The van der Waals surface area contributed by atoms with Gasteiger partial charge in [0, 0.05) is 24.0 Å². The van der Waals surface area contributed by atoms with E-state index in [1.165, 1.54) is 0 Å². The van der Waals surface area contributed by atoms with Crippen molar-refractivity contribution in [3.05, 3.63) is 83.4 Å². The molecule has 0 saturated carbocycles. The lowest BCUT2D eigenvalue weighted by Crippen LogP contribution is -2.53. The fourth-order valence-corrected chi connectivity index (χ4v) is 4.26. The third-order valence-corrected chi connectivity index (χ3v) is 5.91. The Morgan fingerprint density at radius 1 is 1.19 bits per heavy atom. The molecule has 0 bridgehead atoms. The molecule has 1 aliphatic heterocycles. The molecule has 1 N–H and O–H groups in total. The number of aryl methyl sites for hydroxylation is 2. The molecule has 1 fully saturated rings. The number of aliphatic hydroxyl groups is 1. The molecule has 6 heteroatoms. The summed E-state index contributed by atoms with van der Waals surface area (Å²) in [5, 5.41) is 10.1. The van der Waals surface area contributed by atoms with E-state index >= 15 is 0 Å². The average Bonchev–Trinajstić information content (AvgIpc) is 3.23. The second-order valence-corrected chi connectivity index (χ2v) is 8.15. The lowest BCUT2D eigenvalue weighted by molar-refractivity contribution is -0.0572. The van der Waals surface area contributed by atoms with Crippen LogP contribution in [0.15, 0.2) is 61.1 Å². The number of hydrogen-bond acceptors (Lipinski definition) is 4. The van der Waals surface area contributed by atoms with Crippen LogP contribution in [0, 0.1) is 13.8 Å². The molecule has 0 spiro atoms. The zero-order valence-electron chi connectivity index (χ0n) is 18.1. The van der Waals surface area contributed by atoms with Gasteiger partial charge in [-0.2, -0.15) is 0 Å². The maximum absolute atomic E-state index is 13.3. The van der Waals surface area contributed by atoms with E-state index in [4.69, 9.17) is 4.74 Å². The molecule has 3 aromatic rings. The normalized spacial score (nSPS) is 18.9. The van der Waals surface area contributed by atoms with Gasteiger partial charge in [-0.05, 0) is 56.0 Å². The summed E-state index contributed by atoms with van der Waals surface area (Å²) in [6, 6.07) is 15.3. The molecule has 1 aliphatic rings. The van der Waals surface area contributed by atoms with Crippen molar-refractivity contribution in [2.75, 3.05) is 13.2 Å². The number of rotatable bonds is 6. The van der Waals surface area contributed by atoms with Crippen molar-refractivity contribution < 1.29 is 14.6 Å². The van der Waals surface area contributed by atoms with Crippen molar-refractivity contribution >= 4 is 5.91 Å². The number of piperidine rings is 1. The number of carbonyl (C=O) groups is 1. The van der Waals surface area contributed by atoms with Gasteiger partial charge in [-0.3, -0.25) is 4.79 Å². The van der Waals surface area contributed by atoms with Gasteiger partial charge in [-0.1, -0.05) is 30.3 Å². The number of ether oxygens (including phenoxy) is 1. The molecule has 1 saturated heterocycles. The summed E-state index contributed by atoms with van der Waals surface area (Å²) in [5.41, 5.74) is 4.65. The number of aliphatic hydroxyl groups excluding tert-OH is 1. The Balaban J connectivity index is 1.49. The van der Waals surface area contributed by atoms with E-state index < -0.39 is 0 Å². The number of hydrogen-bond donors (Lipinski definition) is 1. The number of likely N-dealkylation sites (tertiary alicyclic amines) is 1. The van der Waals surface area contributed by atoms with Crippen LogP contribution in [0.25, 0.3) is 5.69 Å². The summed E-state index contributed by atoms with van der Waals surface area (Å²) >= 11 is 0. The van der Waals surface area contributed by atoms with Crippen molar-refractivity contribution in [2.45, 2.75) is 45.4 Å². The van der Waals surface area contributed by atoms with Gasteiger partial charge in [-0.15, -0.1) is 0 Å². The second-order valence-electron chi connectivity index (χ2n) is 8.15. The first-order chi connectivity index (χ1) is 15.1. The molecular weight excluding hydrogens is 390 g/mol. The molecule has 4 rings (SSSR count). The Labute approximate surface area is 183 Å². The lowest BCUT2D eigenvalue weighted by atomic mass is 9.97. The zero-order valence-corrected chi connectivity index (χ0v) is 18.1. The minimum atomic E-state index is -0.346. The van der Waals surface area contributed by atoms with Crippen LogP contribution in [0.3, 0.4) is 0 Å². The number of benzene rings is 2. The minimum absolute atomic E-state index is 0.0662. The molecule has 162 valence electrons. The van der Waals surface area contributed by atoms with Crippen LogP contribution in [0.2, 0.25) is 0 Å². The molecule has 6 nitrogen and oxygen atoms in total. The lowest BCUT2D eigenvalue weighted by Gasteiger charge is -2.40. The highest BCUT2D eigenvalue weighted by molar-refractivity contribution is 5.95. The van der Waals surface area contributed by atoms with Crippen molar-refractivity contribution in [3.8, 4) is 5.69 Å². The van der Waals surface area contributed by atoms with Crippen molar-refractivity contribution in [3.63, 3.8) is 0 Å². The summed E-state index contributed by atoms with van der Waals surface area (Å²) in [6.45, 7) is 4.92. The van der Waals surface area contributed by atoms with Gasteiger partial charge in [0.05, 0.1) is 37.4 Å². The van der Waals surface area contributed by atoms with E-state index in [0.29, 0.717) is 18.7 Å². The third-order valence-electron chi connectivity index (χ3n) is 5.91. The highest BCUT2D eigenvalue weighted by Crippen LogP contribution is 2.25. The van der Waals surface area contributed by atoms with E-state index in [0.717, 1.165) is 35.3 Å². The third kappa shape index (κ3) is 4.70. The fraction of sp³-hybridized carbons (Fsp3) is 0.360. The first kappa shape index (κ1) is 21.3. The molecule has 2 unspecified atom stereocenters. The number of nitrogens with zero attached hydrogens (tertiary/aromatic N) is 3. The SMILES string of the molecule is Cc1cn(-c2ccc(C(=O)N3CCCC(OCc4ccccc4)C3CO)cc2C)cn1. The Morgan fingerprint density at radius 3 is 2.68 bits per heavy atom. The van der Waals surface area contributed by atoms with Gasteiger partial charge >= 0.3 is 0 Å².